The van der Waals surface area contributed by atoms with E-state index in [-0.39, 0.29) is 0 Å². The van der Waals surface area contributed by atoms with E-state index in [0.717, 1.165) is 12.1 Å². The van der Waals surface area contributed by atoms with E-state index >= 15 is 0 Å². The van der Waals surface area contributed by atoms with Crippen molar-refractivity contribution in [1.82, 2.24) is 0 Å². The molecule has 1 saturated carbocycles. The average molecular weight is 183 g/mol. The number of rotatable bonds is 2. The Labute approximate surface area is 81.0 Å². The SMILES string of the molecule is CC(C)(C)CCC1CCC/C1=N\O. The van der Waals surface area contributed by atoms with E-state index in [1.165, 1.54) is 25.7 Å². The minimum atomic E-state index is 0.406. The molecular formula is C11H21NO. The molecule has 76 valence electrons. The summed E-state index contributed by atoms with van der Waals surface area (Å²) >= 11 is 0. The zero-order valence-electron chi connectivity index (χ0n) is 9.01. The zero-order chi connectivity index (χ0) is 9.90. The molecule has 0 aromatic heterocycles. The van der Waals surface area contributed by atoms with Gasteiger partial charge in [0.05, 0.1) is 5.71 Å². The molecule has 0 bridgehead atoms. The molecule has 1 atom stereocenters. The summed E-state index contributed by atoms with van der Waals surface area (Å²) < 4.78 is 0. The first-order chi connectivity index (χ1) is 6.03. The molecule has 1 unspecified atom stereocenters. The van der Waals surface area contributed by atoms with Gasteiger partial charge in [-0.3, -0.25) is 0 Å². The van der Waals surface area contributed by atoms with Crippen LogP contribution in [0.5, 0.6) is 0 Å². The summed E-state index contributed by atoms with van der Waals surface area (Å²) in [5.41, 5.74) is 1.44. The minimum Gasteiger partial charge on any atom is -0.411 e. The lowest BCUT2D eigenvalue weighted by Gasteiger charge is -2.20. The first-order valence-electron chi connectivity index (χ1n) is 5.24. The van der Waals surface area contributed by atoms with E-state index in [9.17, 15) is 0 Å². The molecular weight excluding hydrogens is 162 g/mol. The Balaban J connectivity index is 2.37. The normalized spacial score (nSPS) is 27.0. The lowest BCUT2D eigenvalue weighted by molar-refractivity contribution is 0.309. The Bertz CT molecular complexity index is 191. The van der Waals surface area contributed by atoms with Crippen molar-refractivity contribution < 1.29 is 5.21 Å². The van der Waals surface area contributed by atoms with Gasteiger partial charge in [0.1, 0.15) is 0 Å². The van der Waals surface area contributed by atoms with Crippen molar-refractivity contribution >= 4 is 5.71 Å². The predicted octanol–water partition coefficient (Wildman–Crippen LogP) is 3.44. The smallest absolute Gasteiger partial charge is 0.0601 e. The fourth-order valence-electron chi connectivity index (χ4n) is 1.95. The van der Waals surface area contributed by atoms with Gasteiger partial charge in [0.25, 0.3) is 0 Å². The summed E-state index contributed by atoms with van der Waals surface area (Å²) in [6, 6.07) is 0. The van der Waals surface area contributed by atoms with E-state index in [4.69, 9.17) is 5.21 Å². The largest absolute Gasteiger partial charge is 0.411 e. The monoisotopic (exact) mass is 183 g/mol. The van der Waals surface area contributed by atoms with E-state index in [0.29, 0.717) is 11.3 Å². The van der Waals surface area contributed by atoms with Crippen LogP contribution in [0.15, 0.2) is 5.16 Å². The van der Waals surface area contributed by atoms with Crippen LogP contribution in [0.2, 0.25) is 0 Å². The fourth-order valence-corrected chi connectivity index (χ4v) is 1.95. The summed E-state index contributed by atoms with van der Waals surface area (Å²) in [6.07, 6.45) is 5.83. The van der Waals surface area contributed by atoms with Gasteiger partial charge in [-0.15, -0.1) is 0 Å². The standard InChI is InChI=1S/C11H21NO/c1-11(2,3)8-7-9-5-4-6-10(9)12-13/h9,13H,4-8H2,1-3H3/b12-10+. The molecule has 1 fully saturated rings. The van der Waals surface area contributed by atoms with E-state index in [1.807, 2.05) is 0 Å². The van der Waals surface area contributed by atoms with Gasteiger partial charge in [0, 0.05) is 5.92 Å². The highest BCUT2D eigenvalue weighted by molar-refractivity contribution is 5.87. The second kappa shape index (κ2) is 4.12. The number of hydrogen-bond donors (Lipinski definition) is 1. The Morgan fingerprint density at radius 1 is 1.46 bits per heavy atom. The second-order valence-corrected chi connectivity index (χ2v) is 5.28. The van der Waals surface area contributed by atoms with E-state index < -0.39 is 0 Å². The highest BCUT2D eigenvalue weighted by Gasteiger charge is 2.24. The highest BCUT2D eigenvalue weighted by Crippen LogP contribution is 2.31. The molecule has 13 heavy (non-hydrogen) atoms. The van der Waals surface area contributed by atoms with Crippen LogP contribution in [0.1, 0.15) is 52.9 Å². The maximum Gasteiger partial charge on any atom is 0.0601 e. The summed E-state index contributed by atoms with van der Waals surface area (Å²) in [6.45, 7) is 6.78. The van der Waals surface area contributed by atoms with Gasteiger partial charge in [-0.2, -0.15) is 0 Å². The molecule has 1 aliphatic rings. The third-order valence-electron chi connectivity index (χ3n) is 2.83. The van der Waals surface area contributed by atoms with Crippen LogP contribution in [0.25, 0.3) is 0 Å². The highest BCUT2D eigenvalue weighted by atomic mass is 16.4. The topological polar surface area (TPSA) is 32.6 Å². The van der Waals surface area contributed by atoms with Crippen LogP contribution < -0.4 is 0 Å². The first-order valence-corrected chi connectivity index (χ1v) is 5.24. The lowest BCUT2D eigenvalue weighted by atomic mass is 9.86. The molecule has 1 rings (SSSR count). The maximum atomic E-state index is 8.75. The third kappa shape index (κ3) is 3.37. The molecule has 2 nitrogen and oxygen atoms in total. The molecule has 0 aromatic rings. The van der Waals surface area contributed by atoms with Gasteiger partial charge < -0.3 is 5.21 Å². The predicted molar refractivity (Wildman–Crippen MR) is 55.3 cm³/mol. The Hall–Kier alpha value is -0.530. The third-order valence-corrected chi connectivity index (χ3v) is 2.83. The Morgan fingerprint density at radius 3 is 2.69 bits per heavy atom. The van der Waals surface area contributed by atoms with Crippen LogP contribution in [0, 0.1) is 11.3 Å². The van der Waals surface area contributed by atoms with Crippen molar-refractivity contribution in [3.63, 3.8) is 0 Å². The van der Waals surface area contributed by atoms with Gasteiger partial charge in [0.15, 0.2) is 0 Å². The first kappa shape index (κ1) is 10.6. The van der Waals surface area contributed by atoms with Crippen LogP contribution in [-0.4, -0.2) is 10.9 Å². The zero-order valence-corrected chi connectivity index (χ0v) is 9.01. The van der Waals surface area contributed by atoms with Gasteiger partial charge >= 0.3 is 0 Å². The summed E-state index contributed by atoms with van der Waals surface area (Å²) in [5.74, 6) is 0.559. The summed E-state index contributed by atoms with van der Waals surface area (Å²) in [4.78, 5) is 0. The summed E-state index contributed by atoms with van der Waals surface area (Å²) in [5, 5.41) is 12.1. The molecule has 0 aromatic carbocycles. The average Bonchev–Trinajstić information content (AvgIpc) is 2.46. The van der Waals surface area contributed by atoms with Gasteiger partial charge in [-0.05, 0) is 37.5 Å². The van der Waals surface area contributed by atoms with Crippen LogP contribution in [0.3, 0.4) is 0 Å². The van der Waals surface area contributed by atoms with Gasteiger partial charge in [-0.1, -0.05) is 25.9 Å². The van der Waals surface area contributed by atoms with E-state index in [1.54, 1.807) is 0 Å². The van der Waals surface area contributed by atoms with Crippen LogP contribution in [-0.2, 0) is 0 Å². The maximum absolute atomic E-state index is 8.75. The quantitative estimate of drug-likeness (QED) is 0.516. The number of hydrogen-bond acceptors (Lipinski definition) is 2. The fraction of sp³-hybridized carbons (Fsp3) is 0.909. The molecule has 2 heteroatoms. The van der Waals surface area contributed by atoms with Crippen molar-refractivity contribution in [3.05, 3.63) is 0 Å². The molecule has 0 heterocycles. The Kier molecular flexibility index (Phi) is 3.34. The number of oxime groups is 1. The van der Waals surface area contributed by atoms with E-state index in [2.05, 4.69) is 25.9 Å². The Morgan fingerprint density at radius 2 is 2.15 bits per heavy atom. The molecule has 0 spiro atoms. The lowest BCUT2D eigenvalue weighted by Crippen LogP contribution is -2.12. The molecule has 0 aliphatic heterocycles. The molecule has 1 aliphatic carbocycles. The second-order valence-electron chi connectivity index (χ2n) is 5.28. The van der Waals surface area contributed by atoms with Crippen molar-refractivity contribution in [2.75, 3.05) is 0 Å². The van der Waals surface area contributed by atoms with Crippen molar-refractivity contribution in [3.8, 4) is 0 Å². The molecule has 0 amide bonds. The van der Waals surface area contributed by atoms with Gasteiger partial charge in [-0.25, -0.2) is 0 Å². The minimum absolute atomic E-state index is 0.406. The summed E-state index contributed by atoms with van der Waals surface area (Å²) in [7, 11) is 0. The van der Waals surface area contributed by atoms with Crippen molar-refractivity contribution in [2.24, 2.45) is 16.5 Å². The molecule has 1 N–H and O–H groups in total. The molecule has 0 saturated heterocycles. The van der Waals surface area contributed by atoms with Crippen molar-refractivity contribution in [1.29, 1.82) is 0 Å². The van der Waals surface area contributed by atoms with Crippen molar-refractivity contribution in [2.45, 2.75) is 52.9 Å². The van der Waals surface area contributed by atoms with Crippen LogP contribution in [0.4, 0.5) is 0 Å². The van der Waals surface area contributed by atoms with Gasteiger partial charge in [0.2, 0.25) is 0 Å². The number of nitrogens with zero attached hydrogens (tertiary/aromatic N) is 1. The molecule has 0 radical (unpaired) electrons. The van der Waals surface area contributed by atoms with Crippen LogP contribution >= 0.6 is 0 Å².